The number of nitrogens with two attached hydrogens (primary N) is 1. The minimum Gasteiger partial charge on any atom is -0.369 e. The quantitative estimate of drug-likeness (QED) is 0.876. The highest BCUT2D eigenvalue weighted by molar-refractivity contribution is 7.91. The molecule has 2 rings (SSSR count). The molecule has 20 heavy (non-hydrogen) atoms. The molecule has 8 heteroatoms. The van der Waals surface area contributed by atoms with Crippen molar-refractivity contribution < 1.29 is 13.2 Å². The Morgan fingerprint density at radius 2 is 2.10 bits per heavy atom. The van der Waals surface area contributed by atoms with E-state index in [9.17, 15) is 13.2 Å². The lowest BCUT2D eigenvalue weighted by Gasteiger charge is -2.26. The van der Waals surface area contributed by atoms with E-state index in [1.165, 1.54) is 16.4 Å². The van der Waals surface area contributed by atoms with Crippen molar-refractivity contribution in [1.82, 2.24) is 4.31 Å². The fraction of sp³-hybridized carbons (Fsp3) is 0.500. The number of carbonyl (C=O) groups excluding carboxylic acids is 1. The summed E-state index contributed by atoms with van der Waals surface area (Å²) in [4.78, 5) is 11.5. The summed E-state index contributed by atoms with van der Waals surface area (Å²) in [5.41, 5.74) is 5.17. The fourth-order valence-corrected chi connectivity index (χ4v) is 5.27. The summed E-state index contributed by atoms with van der Waals surface area (Å²) in [7, 11) is -3.77. The van der Waals surface area contributed by atoms with E-state index in [4.69, 9.17) is 11.0 Å². The summed E-state index contributed by atoms with van der Waals surface area (Å²) in [6, 6.07) is 4.60. The number of carbonyl (C=O) groups is 1. The molecule has 0 spiro atoms. The summed E-state index contributed by atoms with van der Waals surface area (Å²) in [5, 5.41) is 8.79. The van der Waals surface area contributed by atoms with E-state index in [1.807, 2.05) is 6.07 Å². The largest absolute Gasteiger partial charge is 0.369 e. The van der Waals surface area contributed by atoms with E-state index in [-0.39, 0.29) is 16.8 Å². The van der Waals surface area contributed by atoms with Crippen LogP contribution in [0.3, 0.4) is 0 Å². The van der Waals surface area contributed by atoms with E-state index >= 15 is 0 Å². The first-order chi connectivity index (χ1) is 9.45. The van der Waals surface area contributed by atoms with Crippen LogP contribution in [0.5, 0.6) is 0 Å². The van der Waals surface area contributed by atoms with Gasteiger partial charge in [0.15, 0.2) is 0 Å². The van der Waals surface area contributed by atoms with Crippen molar-refractivity contribution in [2.45, 2.75) is 35.9 Å². The Hall–Kier alpha value is -1.43. The summed E-state index contributed by atoms with van der Waals surface area (Å²) in [6.07, 6.45) is 3.37. The topological polar surface area (TPSA) is 104 Å². The van der Waals surface area contributed by atoms with Crippen molar-refractivity contribution in [2.75, 3.05) is 6.54 Å². The van der Waals surface area contributed by atoms with E-state index in [0.29, 0.717) is 4.88 Å². The number of nitriles is 1. The Kier molecular flexibility index (Phi) is 4.42. The molecule has 1 aliphatic carbocycles. The molecule has 1 aromatic heterocycles. The second kappa shape index (κ2) is 5.91. The number of nitrogens with zero attached hydrogens (tertiary/aromatic N) is 2. The zero-order valence-electron chi connectivity index (χ0n) is 10.8. The van der Waals surface area contributed by atoms with Gasteiger partial charge in [0.1, 0.15) is 15.2 Å². The second-order valence-corrected chi connectivity index (χ2v) is 7.89. The molecule has 1 aliphatic rings. The van der Waals surface area contributed by atoms with Crippen LogP contribution in [0.15, 0.2) is 16.3 Å². The molecule has 2 N–H and O–H groups in total. The van der Waals surface area contributed by atoms with Crippen LogP contribution in [-0.4, -0.2) is 31.2 Å². The smallest absolute Gasteiger partial charge is 0.253 e. The summed E-state index contributed by atoms with van der Waals surface area (Å²) < 4.78 is 26.5. The Balaban J connectivity index is 2.35. The van der Waals surface area contributed by atoms with Gasteiger partial charge in [-0.1, -0.05) is 12.8 Å². The highest BCUT2D eigenvalue weighted by Gasteiger charge is 2.35. The number of hydrogen-bond acceptors (Lipinski definition) is 5. The maximum atomic E-state index is 12.6. The first-order valence-electron chi connectivity index (χ1n) is 6.25. The molecule has 0 aliphatic heterocycles. The molecule has 0 saturated heterocycles. The Labute approximate surface area is 121 Å². The SMILES string of the molecule is N#Cc1ccc(S(=O)(=O)N(CC(N)=O)C2CCCC2)s1. The predicted octanol–water partition coefficient (Wildman–Crippen LogP) is 1.04. The van der Waals surface area contributed by atoms with Gasteiger partial charge in [0.05, 0.1) is 6.54 Å². The lowest BCUT2D eigenvalue weighted by Crippen LogP contribution is -2.43. The second-order valence-electron chi connectivity index (χ2n) is 4.69. The number of hydrogen-bond donors (Lipinski definition) is 1. The molecule has 0 bridgehead atoms. The monoisotopic (exact) mass is 313 g/mol. The van der Waals surface area contributed by atoms with Crippen LogP contribution in [0.2, 0.25) is 0 Å². The number of amides is 1. The predicted molar refractivity (Wildman–Crippen MR) is 74.4 cm³/mol. The van der Waals surface area contributed by atoms with E-state index < -0.39 is 15.9 Å². The first-order valence-corrected chi connectivity index (χ1v) is 8.51. The van der Waals surface area contributed by atoms with Gasteiger partial charge >= 0.3 is 0 Å². The Bertz CT molecular complexity index is 639. The molecule has 108 valence electrons. The molecule has 1 fully saturated rings. The highest BCUT2D eigenvalue weighted by atomic mass is 32.2. The van der Waals surface area contributed by atoms with Gasteiger partial charge in [-0.05, 0) is 25.0 Å². The van der Waals surface area contributed by atoms with Gasteiger partial charge in [-0.2, -0.15) is 9.57 Å². The fourth-order valence-electron chi connectivity index (χ4n) is 2.39. The van der Waals surface area contributed by atoms with Crippen LogP contribution in [-0.2, 0) is 14.8 Å². The standard InChI is InChI=1S/C12H15N3O3S2/c13-7-10-5-6-12(19-10)20(17,18)15(8-11(14)16)9-3-1-2-4-9/h5-6,9H,1-4,8H2,(H2,14,16). The molecule has 1 aromatic rings. The average Bonchev–Trinajstić information content (AvgIpc) is 3.06. The molecule has 1 heterocycles. The van der Waals surface area contributed by atoms with Crippen molar-refractivity contribution in [3.63, 3.8) is 0 Å². The van der Waals surface area contributed by atoms with Crippen molar-refractivity contribution in [3.05, 3.63) is 17.0 Å². The summed E-state index contributed by atoms with van der Waals surface area (Å²) >= 11 is 0.911. The number of thiophene rings is 1. The van der Waals surface area contributed by atoms with Gasteiger partial charge in [0.25, 0.3) is 10.0 Å². The molecule has 0 atom stereocenters. The van der Waals surface area contributed by atoms with Crippen molar-refractivity contribution in [1.29, 1.82) is 5.26 Å². The number of primary amides is 1. The molecule has 0 radical (unpaired) electrons. The molecular weight excluding hydrogens is 298 g/mol. The third kappa shape index (κ3) is 3.00. The van der Waals surface area contributed by atoms with Gasteiger partial charge in [0, 0.05) is 6.04 Å². The van der Waals surface area contributed by atoms with E-state index in [2.05, 4.69) is 0 Å². The van der Waals surface area contributed by atoms with Crippen LogP contribution < -0.4 is 5.73 Å². The van der Waals surface area contributed by atoms with Crippen LogP contribution in [0.1, 0.15) is 30.6 Å². The molecule has 0 unspecified atom stereocenters. The Morgan fingerprint density at radius 3 is 2.60 bits per heavy atom. The maximum absolute atomic E-state index is 12.6. The van der Waals surface area contributed by atoms with Gasteiger partial charge < -0.3 is 5.73 Å². The zero-order valence-corrected chi connectivity index (χ0v) is 12.4. The van der Waals surface area contributed by atoms with Crippen LogP contribution >= 0.6 is 11.3 Å². The third-order valence-corrected chi connectivity index (χ3v) is 6.65. The zero-order chi connectivity index (χ0) is 14.8. The minimum atomic E-state index is -3.77. The summed E-state index contributed by atoms with van der Waals surface area (Å²) in [6.45, 7) is -0.313. The lowest BCUT2D eigenvalue weighted by atomic mass is 10.2. The van der Waals surface area contributed by atoms with Crippen molar-refractivity contribution in [3.8, 4) is 6.07 Å². The molecule has 1 amide bonds. The third-order valence-electron chi connectivity index (χ3n) is 3.30. The van der Waals surface area contributed by atoms with Gasteiger partial charge in [-0.15, -0.1) is 11.3 Å². The molecular formula is C12H15N3O3S2. The maximum Gasteiger partial charge on any atom is 0.253 e. The first kappa shape index (κ1) is 15.0. The summed E-state index contributed by atoms with van der Waals surface area (Å²) in [5.74, 6) is -0.669. The van der Waals surface area contributed by atoms with Crippen LogP contribution in [0.4, 0.5) is 0 Å². The molecule has 1 saturated carbocycles. The van der Waals surface area contributed by atoms with Crippen LogP contribution in [0, 0.1) is 11.3 Å². The average molecular weight is 313 g/mol. The number of rotatable bonds is 5. The number of sulfonamides is 1. The molecule has 0 aromatic carbocycles. The molecule has 6 nitrogen and oxygen atoms in total. The van der Waals surface area contributed by atoms with Gasteiger partial charge in [0.2, 0.25) is 5.91 Å². The lowest BCUT2D eigenvalue weighted by molar-refractivity contribution is -0.118. The van der Waals surface area contributed by atoms with Gasteiger partial charge in [-0.25, -0.2) is 8.42 Å². The van der Waals surface area contributed by atoms with Crippen molar-refractivity contribution in [2.24, 2.45) is 5.73 Å². The van der Waals surface area contributed by atoms with Gasteiger partial charge in [-0.3, -0.25) is 4.79 Å². The van der Waals surface area contributed by atoms with E-state index in [0.717, 1.165) is 37.0 Å². The highest BCUT2D eigenvalue weighted by Crippen LogP contribution is 2.31. The minimum absolute atomic E-state index is 0.0854. The Morgan fingerprint density at radius 1 is 1.45 bits per heavy atom. The van der Waals surface area contributed by atoms with E-state index in [1.54, 1.807) is 0 Å². The normalized spacial score (nSPS) is 16.4. The van der Waals surface area contributed by atoms with Crippen LogP contribution in [0.25, 0.3) is 0 Å². The van der Waals surface area contributed by atoms with Crippen molar-refractivity contribution >= 4 is 27.3 Å².